The van der Waals surface area contributed by atoms with Crippen molar-refractivity contribution >= 4 is 5.69 Å². The molecule has 1 N–H and O–H groups in total. The van der Waals surface area contributed by atoms with Crippen LogP contribution in [0.2, 0.25) is 0 Å². The van der Waals surface area contributed by atoms with Gasteiger partial charge in [-0.2, -0.15) is 5.26 Å². The molecule has 0 saturated heterocycles. The summed E-state index contributed by atoms with van der Waals surface area (Å²) in [4.78, 5) is 0. The van der Waals surface area contributed by atoms with Gasteiger partial charge in [-0.15, -0.1) is 0 Å². The van der Waals surface area contributed by atoms with Crippen LogP contribution in [0.15, 0.2) is 18.2 Å². The second-order valence-corrected chi connectivity index (χ2v) is 5.35. The van der Waals surface area contributed by atoms with E-state index < -0.39 is 0 Å². The van der Waals surface area contributed by atoms with Gasteiger partial charge < -0.3 is 10.1 Å². The summed E-state index contributed by atoms with van der Waals surface area (Å²) >= 11 is 0. The van der Waals surface area contributed by atoms with E-state index in [0.29, 0.717) is 5.56 Å². The highest BCUT2D eigenvalue weighted by molar-refractivity contribution is 5.55. The fourth-order valence-corrected chi connectivity index (χ4v) is 1.98. The van der Waals surface area contributed by atoms with Crippen LogP contribution in [0.3, 0.4) is 0 Å². The highest BCUT2D eigenvalue weighted by atomic mass is 16.5. The van der Waals surface area contributed by atoms with Crippen LogP contribution in [0.25, 0.3) is 0 Å². The summed E-state index contributed by atoms with van der Waals surface area (Å²) in [6.45, 7) is 8.31. The molecule has 0 saturated carbocycles. The van der Waals surface area contributed by atoms with Crippen LogP contribution in [-0.2, 0) is 4.74 Å². The lowest BCUT2D eigenvalue weighted by molar-refractivity contribution is 0.0128. The summed E-state index contributed by atoms with van der Waals surface area (Å²) in [5, 5.41) is 12.4. The largest absolute Gasteiger partial charge is 0.382 e. The first kappa shape index (κ1) is 14.5. The van der Waals surface area contributed by atoms with Crippen molar-refractivity contribution in [2.24, 2.45) is 0 Å². The first-order valence-electron chi connectivity index (χ1n) is 6.20. The predicted molar refractivity (Wildman–Crippen MR) is 74.7 cm³/mol. The van der Waals surface area contributed by atoms with Gasteiger partial charge in [0, 0.05) is 18.8 Å². The Morgan fingerprint density at radius 1 is 1.44 bits per heavy atom. The molecule has 1 aromatic rings. The van der Waals surface area contributed by atoms with Crippen LogP contribution >= 0.6 is 0 Å². The van der Waals surface area contributed by atoms with Gasteiger partial charge in [0.2, 0.25) is 0 Å². The van der Waals surface area contributed by atoms with Crippen LogP contribution in [0.5, 0.6) is 0 Å². The minimum Gasteiger partial charge on any atom is -0.382 e. The molecule has 3 nitrogen and oxygen atoms in total. The second kappa shape index (κ2) is 5.88. The number of rotatable bonds is 5. The average molecular weight is 246 g/mol. The molecule has 1 atom stereocenters. The van der Waals surface area contributed by atoms with Crippen molar-refractivity contribution in [3.05, 3.63) is 29.3 Å². The van der Waals surface area contributed by atoms with E-state index in [9.17, 15) is 0 Å². The topological polar surface area (TPSA) is 45.0 Å². The molecule has 18 heavy (non-hydrogen) atoms. The number of ether oxygens (including phenoxy) is 1. The molecular weight excluding hydrogens is 224 g/mol. The number of benzene rings is 1. The third-order valence-electron chi connectivity index (χ3n) is 3.12. The summed E-state index contributed by atoms with van der Waals surface area (Å²) in [6.07, 6.45) is 0.903. The van der Waals surface area contributed by atoms with E-state index in [1.54, 1.807) is 7.11 Å². The molecular formula is C15H22N2O. The van der Waals surface area contributed by atoms with Crippen molar-refractivity contribution in [3.8, 4) is 6.07 Å². The van der Waals surface area contributed by atoms with E-state index in [1.165, 1.54) is 0 Å². The zero-order valence-electron chi connectivity index (χ0n) is 11.9. The molecule has 0 aliphatic carbocycles. The van der Waals surface area contributed by atoms with Gasteiger partial charge in [0.05, 0.1) is 17.2 Å². The number of methoxy groups -OCH3 is 1. The molecule has 0 aromatic heterocycles. The highest BCUT2D eigenvalue weighted by Crippen LogP contribution is 2.21. The number of nitrogens with one attached hydrogen (secondary N) is 1. The number of hydrogen-bond donors (Lipinski definition) is 1. The Morgan fingerprint density at radius 3 is 2.67 bits per heavy atom. The van der Waals surface area contributed by atoms with Crippen LogP contribution < -0.4 is 5.32 Å². The van der Waals surface area contributed by atoms with E-state index in [0.717, 1.165) is 17.7 Å². The van der Waals surface area contributed by atoms with E-state index in [1.807, 2.05) is 25.1 Å². The van der Waals surface area contributed by atoms with Crippen molar-refractivity contribution in [2.75, 3.05) is 12.4 Å². The summed E-state index contributed by atoms with van der Waals surface area (Å²) < 4.78 is 5.43. The Morgan fingerprint density at radius 2 is 2.11 bits per heavy atom. The molecule has 0 fully saturated rings. The maximum atomic E-state index is 8.91. The minimum atomic E-state index is -0.146. The van der Waals surface area contributed by atoms with Gasteiger partial charge >= 0.3 is 0 Å². The molecule has 0 aliphatic rings. The standard InChI is InChI=1S/C15H22N2O/c1-11-6-7-13(10-16)8-14(11)17-12(2)9-15(3,4)18-5/h6-8,12,17H,9H2,1-5H3. The quantitative estimate of drug-likeness (QED) is 0.865. The molecule has 0 radical (unpaired) electrons. The number of nitrogens with zero attached hydrogens (tertiary/aromatic N) is 1. The first-order chi connectivity index (χ1) is 8.38. The molecule has 0 amide bonds. The van der Waals surface area contributed by atoms with Gasteiger partial charge in [0.25, 0.3) is 0 Å². The van der Waals surface area contributed by atoms with Crippen molar-refractivity contribution in [1.29, 1.82) is 5.26 Å². The van der Waals surface area contributed by atoms with E-state index in [2.05, 4.69) is 32.2 Å². The number of aryl methyl sites for hydroxylation is 1. The third-order valence-corrected chi connectivity index (χ3v) is 3.12. The zero-order valence-corrected chi connectivity index (χ0v) is 11.9. The Labute approximate surface area is 110 Å². The number of anilines is 1. The Bertz CT molecular complexity index is 446. The Balaban J connectivity index is 2.76. The monoisotopic (exact) mass is 246 g/mol. The lowest BCUT2D eigenvalue weighted by atomic mass is 9.99. The molecule has 1 rings (SSSR count). The van der Waals surface area contributed by atoms with Crippen LogP contribution in [0.4, 0.5) is 5.69 Å². The van der Waals surface area contributed by atoms with Crippen LogP contribution in [0.1, 0.15) is 38.3 Å². The summed E-state index contributed by atoms with van der Waals surface area (Å²) in [5.74, 6) is 0. The van der Waals surface area contributed by atoms with E-state index >= 15 is 0 Å². The lowest BCUT2D eigenvalue weighted by Gasteiger charge is -2.28. The van der Waals surface area contributed by atoms with Crippen LogP contribution in [-0.4, -0.2) is 18.8 Å². The van der Waals surface area contributed by atoms with Crippen molar-refractivity contribution in [3.63, 3.8) is 0 Å². The fraction of sp³-hybridized carbons (Fsp3) is 0.533. The van der Waals surface area contributed by atoms with Gasteiger partial charge in [-0.25, -0.2) is 0 Å². The Kier molecular flexibility index (Phi) is 4.75. The van der Waals surface area contributed by atoms with Gasteiger partial charge in [-0.1, -0.05) is 6.07 Å². The summed E-state index contributed by atoms with van der Waals surface area (Å²) in [5.41, 5.74) is 2.71. The van der Waals surface area contributed by atoms with E-state index in [-0.39, 0.29) is 11.6 Å². The highest BCUT2D eigenvalue weighted by Gasteiger charge is 2.20. The van der Waals surface area contributed by atoms with E-state index in [4.69, 9.17) is 10.00 Å². The average Bonchev–Trinajstić information content (AvgIpc) is 2.31. The smallest absolute Gasteiger partial charge is 0.0992 e. The van der Waals surface area contributed by atoms with Crippen molar-refractivity contribution < 1.29 is 4.74 Å². The van der Waals surface area contributed by atoms with Gasteiger partial charge in [-0.3, -0.25) is 0 Å². The Hall–Kier alpha value is -1.53. The molecule has 0 bridgehead atoms. The van der Waals surface area contributed by atoms with Crippen LogP contribution in [0, 0.1) is 18.3 Å². The molecule has 3 heteroatoms. The maximum absolute atomic E-state index is 8.91. The maximum Gasteiger partial charge on any atom is 0.0992 e. The predicted octanol–water partition coefficient (Wildman–Crippen LogP) is 3.48. The fourth-order valence-electron chi connectivity index (χ4n) is 1.98. The van der Waals surface area contributed by atoms with Crippen molar-refractivity contribution in [2.45, 2.75) is 45.8 Å². The zero-order chi connectivity index (χ0) is 13.8. The summed E-state index contributed by atoms with van der Waals surface area (Å²) in [6, 6.07) is 8.15. The summed E-state index contributed by atoms with van der Waals surface area (Å²) in [7, 11) is 1.73. The van der Waals surface area contributed by atoms with Gasteiger partial charge in [0.1, 0.15) is 0 Å². The van der Waals surface area contributed by atoms with Gasteiger partial charge in [-0.05, 0) is 51.8 Å². The van der Waals surface area contributed by atoms with Crippen molar-refractivity contribution in [1.82, 2.24) is 0 Å². The molecule has 98 valence electrons. The number of hydrogen-bond acceptors (Lipinski definition) is 3. The third kappa shape index (κ3) is 4.05. The normalized spacial score (nSPS) is 12.9. The first-order valence-corrected chi connectivity index (χ1v) is 6.20. The lowest BCUT2D eigenvalue weighted by Crippen LogP contribution is -2.31. The molecule has 1 unspecified atom stereocenters. The molecule has 0 heterocycles. The second-order valence-electron chi connectivity index (χ2n) is 5.35. The molecule has 1 aromatic carbocycles. The van der Waals surface area contributed by atoms with Gasteiger partial charge in [0.15, 0.2) is 0 Å². The molecule has 0 aliphatic heterocycles. The molecule has 0 spiro atoms. The number of nitriles is 1. The SMILES string of the molecule is COC(C)(C)CC(C)Nc1cc(C#N)ccc1C. The minimum absolute atomic E-state index is 0.146.